The van der Waals surface area contributed by atoms with Gasteiger partial charge in [-0.3, -0.25) is 9.59 Å². The van der Waals surface area contributed by atoms with Crippen LogP contribution in [0.15, 0.2) is 0 Å². The fourth-order valence-electron chi connectivity index (χ4n) is 0. The molecule has 6 nitrogen and oxygen atoms in total. The second-order valence-electron chi connectivity index (χ2n) is 2.12. The van der Waals surface area contributed by atoms with E-state index >= 15 is 0 Å². The van der Waals surface area contributed by atoms with E-state index in [-0.39, 0.29) is 20.4 Å². The van der Waals surface area contributed by atoms with Crippen LogP contribution in [-0.4, -0.2) is 34.2 Å². The topological polar surface area (TPSA) is 122 Å². The number of rotatable bonds is 2. The fourth-order valence-corrected chi connectivity index (χ4v) is 0. The van der Waals surface area contributed by atoms with Crippen molar-refractivity contribution < 1.29 is 40.2 Å². The van der Waals surface area contributed by atoms with Gasteiger partial charge >= 0.3 is 20.4 Å². The van der Waals surface area contributed by atoms with Gasteiger partial charge in [-0.05, 0) is 12.1 Å². The van der Waals surface area contributed by atoms with Crippen LogP contribution in [0.2, 0.25) is 0 Å². The van der Waals surface area contributed by atoms with Crippen LogP contribution in [0.25, 0.3) is 11.5 Å². The number of carboxylic acids is 2. The average Bonchev–Trinajstić information content (AvgIpc) is 1.88. The van der Waals surface area contributed by atoms with Crippen LogP contribution < -0.4 is 0 Å². The zero-order valence-corrected chi connectivity index (χ0v) is 8.74. The molecule has 0 aliphatic heterocycles. The third-order valence-electron chi connectivity index (χ3n) is 0.741. The van der Waals surface area contributed by atoms with E-state index in [0.717, 1.165) is 0 Å². The zero-order valence-electron chi connectivity index (χ0n) is 7.18. The summed E-state index contributed by atoms with van der Waals surface area (Å²) < 4.78 is 0. The monoisotopic (exact) mass is 282 g/mol. The quantitative estimate of drug-likeness (QED) is 0.734. The number of hydrogen-bond acceptors (Lipinski definition) is 2. The van der Waals surface area contributed by atoms with Crippen molar-refractivity contribution in [2.24, 2.45) is 0 Å². The summed E-state index contributed by atoms with van der Waals surface area (Å²) in [4.78, 5) is 19.0. The molecule has 0 rings (SSSR count). The van der Waals surface area contributed by atoms with Crippen LogP contribution in [0.3, 0.4) is 0 Å². The number of carboxylic acid groups (broad SMARTS) is 2. The summed E-state index contributed by atoms with van der Waals surface area (Å²) in [5, 5.41) is 15.6. The largest absolute Gasteiger partial charge is 2.00 e. The molecule has 0 aromatic rings. The van der Waals surface area contributed by atoms with E-state index in [2.05, 4.69) is 0 Å². The minimum atomic E-state index is -1.07. The fraction of sp³-hybridized carbons (Fsp3) is 0.667. The molecule has 0 fully saturated rings. The van der Waals surface area contributed by atoms with E-state index in [1.807, 2.05) is 0 Å². The molecule has 0 aliphatic carbocycles. The van der Waals surface area contributed by atoms with Crippen LogP contribution >= 0.6 is 0 Å². The summed E-state index contributed by atoms with van der Waals surface area (Å²) in [6.45, 7) is 2.62. The summed E-state index contributed by atoms with van der Waals surface area (Å²) in [5.74, 6) is -2.15. The predicted molar refractivity (Wildman–Crippen MR) is 42.8 cm³/mol. The van der Waals surface area contributed by atoms with Crippen LogP contribution in [-0.2, 0) is 30.0 Å². The van der Waals surface area contributed by atoms with Gasteiger partial charge in [-0.15, -0.1) is 0 Å². The second kappa shape index (κ2) is 9.61. The molecule has 0 saturated carbocycles. The molecule has 0 aliphatic rings. The van der Waals surface area contributed by atoms with Crippen LogP contribution in [0.4, 0.5) is 0 Å². The number of carbonyl (C=O) groups is 2. The van der Waals surface area contributed by atoms with E-state index in [9.17, 15) is 9.59 Å². The predicted octanol–water partition coefficient (Wildman–Crippen LogP) is 1.02. The molecule has 0 bridgehead atoms. The molecule has 0 saturated heterocycles. The van der Waals surface area contributed by atoms with Crippen LogP contribution in [0.1, 0.15) is 13.8 Å². The molecule has 2 atom stereocenters. The molecule has 7 heteroatoms. The maximum atomic E-state index is 9.51. The summed E-state index contributed by atoms with van der Waals surface area (Å²) in [7, 11) is 0. The maximum Gasteiger partial charge on any atom is 2.00 e. The average molecular weight is 283 g/mol. The van der Waals surface area contributed by atoms with E-state index < -0.39 is 24.0 Å². The molecule has 0 heterocycles. The first kappa shape index (κ1) is 18.3. The minimum Gasteiger partial charge on any atom is -0.666 e. The van der Waals surface area contributed by atoms with Gasteiger partial charge in [0, 0.05) is 0 Å². The van der Waals surface area contributed by atoms with E-state index in [4.69, 9.17) is 21.7 Å². The number of aliphatic carboxylic acids is 2. The van der Waals surface area contributed by atoms with Crippen molar-refractivity contribution in [1.82, 2.24) is 0 Å². The molecule has 80 valence electrons. The molecule has 0 radical (unpaired) electrons. The number of hydrogen-bond donors (Lipinski definition) is 2. The Morgan fingerprint density at radius 1 is 1.00 bits per heavy atom. The van der Waals surface area contributed by atoms with E-state index in [1.165, 1.54) is 13.8 Å². The molecular weight excluding hydrogens is 270 g/mol. The second-order valence-corrected chi connectivity index (χ2v) is 2.12. The van der Waals surface area contributed by atoms with Gasteiger partial charge in [0.1, 0.15) is 0 Å². The first-order valence-corrected chi connectivity index (χ1v) is 3.16. The molecular formula is C6H12N2O4Pd. The van der Waals surface area contributed by atoms with E-state index in [1.54, 1.807) is 0 Å². The molecule has 0 amide bonds. The van der Waals surface area contributed by atoms with E-state index in [0.29, 0.717) is 0 Å². The van der Waals surface area contributed by atoms with Gasteiger partial charge in [0.25, 0.3) is 11.9 Å². The van der Waals surface area contributed by atoms with Gasteiger partial charge in [0.2, 0.25) is 0 Å². The summed E-state index contributed by atoms with van der Waals surface area (Å²) in [5.41, 5.74) is 12.9. The first-order chi connectivity index (χ1) is 5.29. The molecule has 13 heavy (non-hydrogen) atoms. The third kappa shape index (κ3) is 18.5. The minimum absolute atomic E-state index is 0. The Bertz CT molecular complexity index is 143. The number of nitrogens with one attached hydrogen (secondary N) is 2. The Morgan fingerprint density at radius 2 is 1.08 bits per heavy atom. The van der Waals surface area contributed by atoms with Crippen molar-refractivity contribution in [2.75, 3.05) is 0 Å². The first-order valence-electron chi connectivity index (χ1n) is 3.16. The van der Waals surface area contributed by atoms with Gasteiger partial charge in [0.05, 0.1) is 0 Å². The van der Waals surface area contributed by atoms with Crippen molar-refractivity contribution >= 4 is 11.9 Å². The zero-order chi connectivity index (χ0) is 10.3. The van der Waals surface area contributed by atoms with Gasteiger partial charge in [0.15, 0.2) is 0 Å². The Hall–Kier alpha value is -0.478. The van der Waals surface area contributed by atoms with Crippen molar-refractivity contribution in [2.45, 2.75) is 25.9 Å². The third-order valence-corrected chi connectivity index (χ3v) is 0.741. The van der Waals surface area contributed by atoms with Crippen LogP contribution in [0.5, 0.6) is 0 Å². The normalized spacial score (nSPS) is 12.6. The molecule has 0 spiro atoms. The maximum absolute atomic E-state index is 9.51. The smallest absolute Gasteiger partial charge is 0.666 e. The standard InChI is InChI=1S/2C3H6NO2.Pd/c2*1-2(4)3(5)6;/h2*2,4H,1H3,(H,5,6);/q2*-1;+2. The summed E-state index contributed by atoms with van der Waals surface area (Å²) in [6.07, 6.45) is 0. The summed E-state index contributed by atoms with van der Waals surface area (Å²) >= 11 is 0. The molecule has 2 unspecified atom stereocenters. The Labute approximate surface area is 89.9 Å². The molecule has 4 N–H and O–H groups in total. The van der Waals surface area contributed by atoms with Crippen molar-refractivity contribution in [3.63, 3.8) is 0 Å². The molecule has 0 aromatic carbocycles. The summed E-state index contributed by atoms with van der Waals surface area (Å²) in [6, 6.07) is -1.96. The Kier molecular flexibility index (Phi) is 13.6. The van der Waals surface area contributed by atoms with Gasteiger partial charge in [-0.25, -0.2) is 0 Å². The SMILES string of the molecule is CC([NH-])C(=O)O.CC([NH-])C(=O)O.[Pd+2]. The van der Waals surface area contributed by atoms with Gasteiger partial charge in [-0.1, -0.05) is 13.8 Å². The Morgan fingerprint density at radius 3 is 1.08 bits per heavy atom. The van der Waals surface area contributed by atoms with Crippen molar-refractivity contribution in [3.05, 3.63) is 11.5 Å². The van der Waals surface area contributed by atoms with Crippen molar-refractivity contribution in [3.8, 4) is 0 Å². The van der Waals surface area contributed by atoms with Gasteiger partial charge < -0.3 is 21.7 Å². The van der Waals surface area contributed by atoms with Crippen molar-refractivity contribution in [1.29, 1.82) is 0 Å². The molecule has 0 aromatic heterocycles. The van der Waals surface area contributed by atoms with Gasteiger partial charge in [-0.2, -0.15) is 0 Å². The van der Waals surface area contributed by atoms with Crippen LogP contribution in [0, 0.1) is 0 Å². The Balaban J connectivity index is -0.000000143.